The third kappa shape index (κ3) is 3.45. The van der Waals surface area contributed by atoms with E-state index in [1.165, 1.54) is 23.9 Å². The van der Waals surface area contributed by atoms with Crippen LogP contribution in [0, 0.1) is 6.92 Å². The van der Waals surface area contributed by atoms with Gasteiger partial charge in [0.15, 0.2) is 0 Å². The number of benzene rings is 1. The Morgan fingerprint density at radius 2 is 1.89 bits per heavy atom. The Kier molecular flexibility index (Phi) is 4.37. The number of carboxylic acid groups (broad SMARTS) is 1. The summed E-state index contributed by atoms with van der Waals surface area (Å²) in [5.74, 6) is -1.09. The Morgan fingerprint density at radius 3 is 2.28 bits per heavy atom. The highest BCUT2D eigenvalue weighted by Crippen LogP contribution is 2.40. The van der Waals surface area contributed by atoms with Crippen LogP contribution in [0.25, 0.3) is 0 Å². The maximum Gasteiger partial charge on any atom is 0.335 e. The van der Waals surface area contributed by atoms with Crippen LogP contribution in [0.15, 0.2) is 17.0 Å². The Balaban J connectivity index is 3.41. The average molecular weight is 274 g/mol. The van der Waals surface area contributed by atoms with Gasteiger partial charge in [0, 0.05) is 15.2 Å². The van der Waals surface area contributed by atoms with Gasteiger partial charge in [-0.3, -0.25) is 0 Å². The minimum Gasteiger partial charge on any atom is -0.478 e. The van der Waals surface area contributed by atoms with Gasteiger partial charge < -0.3 is 5.11 Å². The van der Waals surface area contributed by atoms with Gasteiger partial charge in [-0.15, -0.1) is 11.8 Å². The molecule has 1 N–H and O–H groups in total. The zero-order valence-electron chi connectivity index (χ0n) is 10.8. The molecule has 0 radical (unpaired) electrons. The van der Waals surface area contributed by atoms with Crippen molar-refractivity contribution in [2.24, 2.45) is 0 Å². The van der Waals surface area contributed by atoms with Gasteiger partial charge in [-0.1, -0.05) is 26.8 Å². The molecule has 0 bridgehead atoms. The van der Waals surface area contributed by atoms with Crippen molar-refractivity contribution in [3.63, 3.8) is 0 Å². The summed E-state index contributed by atoms with van der Waals surface area (Å²) in [5.41, 5.74) is 0.379. The van der Waals surface area contributed by atoms with Gasteiger partial charge in [0.25, 0.3) is 6.43 Å². The number of rotatable bonds is 3. The standard InChI is InChI=1S/C13H16F2O2S/c1-7-8(12(16)17)5-6-9(11(14)15)10(7)18-13(2,3)4/h5-6,11H,1-4H3,(H,16,17). The van der Waals surface area contributed by atoms with Crippen molar-refractivity contribution in [2.45, 2.75) is 43.8 Å². The Bertz CT molecular complexity index is 465. The first-order chi connectivity index (χ1) is 8.13. The molecule has 2 nitrogen and oxygen atoms in total. The average Bonchev–Trinajstić information content (AvgIpc) is 2.17. The Labute approximate surface area is 109 Å². The van der Waals surface area contributed by atoms with E-state index in [1.807, 2.05) is 20.8 Å². The van der Waals surface area contributed by atoms with E-state index in [0.29, 0.717) is 10.5 Å². The second kappa shape index (κ2) is 5.26. The summed E-state index contributed by atoms with van der Waals surface area (Å²) in [6, 6.07) is 2.45. The molecule has 0 fully saturated rings. The molecule has 0 aliphatic carbocycles. The lowest BCUT2D eigenvalue weighted by Gasteiger charge is -2.22. The lowest BCUT2D eigenvalue weighted by Crippen LogP contribution is -2.11. The number of alkyl halides is 2. The molecule has 1 aromatic carbocycles. The van der Waals surface area contributed by atoms with Crippen LogP contribution in [0.5, 0.6) is 0 Å². The van der Waals surface area contributed by atoms with Gasteiger partial charge in [-0.2, -0.15) is 0 Å². The molecule has 18 heavy (non-hydrogen) atoms. The summed E-state index contributed by atoms with van der Waals surface area (Å²) in [4.78, 5) is 11.4. The maximum absolute atomic E-state index is 13.0. The second-order valence-electron chi connectivity index (χ2n) is 4.98. The third-order valence-corrected chi connectivity index (χ3v) is 3.67. The highest BCUT2D eigenvalue weighted by Gasteiger charge is 2.23. The topological polar surface area (TPSA) is 37.3 Å². The molecule has 1 aromatic rings. The molecule has 0 saturated carbocycles. The van der Waals surface area contributed by atoms with E-state index in [0.717, 1.165) is 0 Å². The van der Waals surface area contributed by atoms with Gasteiger partial charge in [0.05, 0.1) is 5.56 Å². The van der Waals surface area contributed by atoms with Crippen molar-refractivity contribution in [3.8, 4) is 0 Å². The number of hydrogen-bond donors (Lipinski definition) is 1. The molecule has 0 spiro atoms. The number of carbonyl (C=O) groups is 1. The molecule has 100 valence electrons. The van der Waals surface area contributed by atoms with Gasteiger partial charge in [0.1, 0.15) is 0 Å². The quantitative estimate of drug-likeness (QED) is 0.823. The third-order valence-electron chi connectivity index (χ3n) is 2.31. The van der Waals surface area contributed by atoms with Crippen molar-refractivity contribution in [1.82, 2.24) is 0 Å². The van der Waals surface area contributed by atoms with Crippen molar-refractivity contribution in [2.75, 3.05) is 0 Å². The minimum atomic E-state index is -2.60. The predicted octanol–water partition coefficient (Wildman–Crippen LogP) is 4.52. The fourth-order valence-electron chi connectivity index (χ4n) is 1.56. The van der Waals surface area contributed by atoms with Crippen LogP contribution in [0.3, 0.4) is 0 Å². The molecular formula is C13H16F2O2S. The summed E-state index contributed by atoms with van der Waals surface area (Å²) in [6.45, 7) is 7.28. The molecule has 5 heteroatoms. The lowest BCUT2D eigenvalue weighted by atomic mass is 10.1. The van der Waals surface area contributed by atoms with Crippen molar-refractivity contribution >= 4 is 17.7 Å². The first-order valence-corrected chi connectivity index (χ1v) is 6.29. The molecule has 0 amide bonds. The first-order valence-electron chi connectivity index (χ1n) is 5.47. The highest BCUT2D eigenvalue weighted by molar-refractivity contribution is 8.00. The number of halogens is 2. The van der Waals surface area contributed by atoms with Crippen LogP contribution in [0.1, 0.15) is 48.7 Å². The van der Waals surface area contributed by atoms with Gasteiger partial charge in [-0.25, -0.2) is 13.6 Å². The van der Waals surface area contributed by atoms with Crippen molar-refractivity contribution < 1.29 is 18.7 Å². The van der Waals surface area contributed by atoms with Crippen molar-refractivity contribution in [1.29, 1.82) is 0 Å². The molecular weight excluding hydrogens is 258 g/mol. The monoisotopic (exact) mass is 274 g/mol. The minimum absolute atomic E-state index is 0.0751. The molecule has 0 heterocycles. The number of carboxylic acids is 1. The van der Waals surface area contributed by atoms with Crippen molar-refractivity contribution in [3.05, 3.63) is 28.8 Å². The fourth-order valence-corrected chi connectivity index (χ4v) is 2.71. The van der Waals surface area contributed by atoms with E-state index in [9.17, 15) is 13.6 Å². The van der Waals surface area contributed by atoms with E-state index in [1.54, 1.807) is 6.92 Å². The summed E-state index contributed by atoms with van der Waals surface area (Å²) < 4.78 is 25.7. The molecule has 0 saturated heterocycles. The summed E-state index contributed by atoms with van der Waals surface area (Å²) in [6.07, 6.45) is -2.60. The van der Waals surface area contributed by atoms with Gasteiger partial charge in [-0.05, 0) is 18.6 Å². The normalized spacial score (nSPS) is 11.9. The summed E-state index contributed by atoms with van der Waals surface area (Å²) in [7, 11) is 0. The second-order valence-corrected chi connectivity index (χ2v) is 6.81. The van der Waals surface area contributed by atoms with E-state index in [-0.39, 0.29) is 15.9 Å². The Hall–Kier alpha value is -1.10. The van der Waals surface area contributed by atoms with Crippen LogP contribution >= 0.6 is 11.8 Å². The highest BCUT2D eigenvalue weighted by atomic mass is 32.2. The Morgan fingerprint density at radius 1 is 1.33 bits per heavy atom. The van der Waals surface area contributed by atoms with E-state index < -0.39 is 12.4 Å². The van der Waals surface area contributed by atoms with Crippen LogP contribution < -0.4 is 0 Å². The lowest BCUT2D eigenvalue weighted by molar-refractivity contribution is 0.0695. The smallest absolute Gasteiger partial charge is 0.335 e. The van der Waals surface area contributed by atoms with Crippen LogP contribution in [-0.2, 0) is 0 Å². The van der Waals surface area contributed by atoms with Gasteiger partial charge in [0.2, 0.25) is 0 Å². The summed E-state index contributed by atoms with van der Waals surface area (Å²) in [5, 5.41) is 9.02. The van der Waals surface area contributed by atoms with Gasteiger partial charge >= 0.3 is 5.97 Å². The van der Waals surface area contributed by atoms with E-state index in [4.69, 9.17) is 5.11 Å². The maximum atomic E-state index is 13.0. The number of hydrogen-bond acceptors (Lipinski definition) is 2. The summed E-state index contributed by atoms with van der Waals surface area (Å²) >= 11 is 1.27. The van der Waals surface area contributed by atoms with Crippen LogP contribution in [-0.4, -0.2) is 15.8 Å². The predicted molar refractivity (Wildman–Crippen MR) is 68.7 cm³/mol. The number of aromatic carboxylic acids is 1. The molecule has 0 aliphatic heterocycles. The largest absolute Gasteiger partial charge is 0.478 e. The zero-order chi connectivity index (χ0) is 14.1. The molecule has 1 rings (SSSR count). The zero-order valence-corrected chi connectivity index (χ0v) is 11.6. The van der Waals surface area contributed by atoms with Crippen LogP contribution in [0.2, 0.25) is 0 Å². The fraction of sp³-hybridized carbons (Fsp3) is 0.462. The molecule has 0 atom stereocenters. The molecule has 0 unspecified atom stereocenters. The van der Waals surface area contributed by atoms with E-state index >= 15 is 0 Å². The van der Waals surface area contributed by atoms with E-state index in [2.05, 4.69) is 0 Å². The SMILES string of the molecule is Cc1c(C(=O)O)ccc(C(F)F)c1SC(C)(C)C. The molecule has 0 aliphatic rings. The number of thioether (sulfide) groups is 1. The first kappa shape index (κ1) is 15.0. The van der Waals surface area contributed by atoms with Crippen LogP contribution in [0.4, 0.5) is 8.78 Å². The molecule has 0 aromatic heterocycles.